The fraction of sp³-hybridized carbons (Fsp3) is 0.533. The van der Waals surface area contributed by atoms with Crippen LogP contribution >= 0.6 is 0 Å². The summed E-state index contributed by atoms with van der Waals surface area (Å²) in [6.45, 7) is 4.92. The van der Waals surface area contributed by atoms with Gasteiger partial charge < -0.3 is 4.74 Å². The van der Waals surface area contributed by atoms with Crippen LogP contribution in [-0.4, -0.2) is 25.7 Å². The molecule has 0 spiro atoms. The molecular formula is C15H22O4S. The molecule has 0 amide bonds. The van der Waals surface area contributed by atoms with Crippen molar-refractivity contribution < 1.29 is 17.9 Å². The van der Waals surface area contributed by atoms with E-state index in [0.29, 0.717) is 6.42 Å². The normalized spacial score (nSPS) is 14.6. The fourth-order valence-electron chi connectivity index (χ4n) is 2.03. The zero-order chi connectivity index (χ0) is 15.2. The lowest BCUT2D eigenvalue weighted by atomic mass is 10.1. The van der Waals surface area contributed by atoms with E-state index in [1.54, 1.807) is 37.3 Å². The molecule has 4 nitrogen and oxygen atoms in total. The average molecular weight is 298 g/mol. The van der Waals surface area contributed by atoms with Crippen molar-refractivity contribution in [3.63, 3.8) is 0 Å². The quantitative estimate of drug-likeness (QED) is 0.726. The van der Waals surface area contributed by atoms with E-state index in [1.807, 2.05) is 6.92 Å². The second-order valence-electron chi connectivity index (χ2n) is 4.85. The van der Waals surface area contributed by atoms with E-state index in [0.717, 1.165) is 12.8 Å². The number of hydrogen-bond donors (Lipinski definition) is 0. The molecule has 0 aromatic heterocycles. The molecule has 112 valence electrons. The Labute approximate surface area is 121 Å². The largest absolute Gasteiger partial charge is 0.461 e. The minimum Gasteiger partial charge on any atom is -0.461 e. The van der Waals surface area contributed by atoms with Crippen molar-refractivity contribution >= 4 is 15.8 Å². The van der Waals surface area contributed by atoms with Gasteiger partial charge >= 0.3 is 5.97 Å². The van der Waals surface area contributed by atoms with Crippen LogP contribution in [0.25, 0.3) is 0 Å². The minimum atomic E-state index is -3.49. The Morgan fingerprint density at radius 2 is 1.85 bits per heavy atom. The molecule has 5 heteroatoms. The molecule has 0 heterocycles. The Morgan fingerprint density at radius 3 is 2.35 bits per heavy atom. The summed E-state index contributed by atoms with van der Waals surface area (Å²) in [6.07, 6.45) is 1.71. The molecule has 0 aliphatic heterocycles. The van der Waals surface area contributed by atoms with Gasteiger partial charge in [-0.3, -0.25) is 4.79 Å². The van der Waals surface area contributed by atoms with Crippen molar-refractivity contribution in [2.75, 3.05) is 0 Å². The minimum absolute atomic E-state index is 0.265. The van der Waals surface area contributed by atoms with Gasteiger partial charge in [0.15, 0.2) is 9.84 Å². The maximum Gasteiger partial charge on any atom is 0.302 e. The first-order chi connectivity index (χ1) is 9.39. The van der Waals surface area contributed by atoms with Crippen molar-refractivity contribution in [1.29, 1.82) is 0 Å². The zero-order valence-electron chi connectivity index (χ0n) is 12.2. The van der Waals surface area contributed by atoms with Crippen molar-refractivity contribution in [2.24, 2.45) is 0 Å². The highest BCUT2D eigenvalue weighted by Crippen LogP contribution is 2.22. The molecule has 0 aliphatic rings. The van der Waals surface area contributed by atoms with Crippen LogP contribution in [0, 0.1) is 0 Å². The first-order valence-corrected chi connectivity index (χ1v) is 8.40. The maximum absolute atomic E-state index is 12.5. The predicted molar refractivity (Wildman–Crippen MR) is 78.2 cm³/mol. The predicted octanol–water partition coefficient (Wildman–Crippen LogP) is 2.97. The number of hydrogen-bond acceptors (Lipinski definition) is 4. The number of benzene rings is 1. The van der Waals surface area contributed by atoms with E-state index in [2.05, 4.69) is 0 Å². The first kappa shape index (κ1) is 16.7. The van der Waals surface area contributed by atoms with Crippen LogP contribution in [0.1, 0.15) is 40.0 Å². The van der Waals surface area contributed by atoms with E-state index >= 15 is 0 Å². The van der Waals surface area contributed by atoms with Gasteiger partial charge in [0.2, 0.25) is 0 Å². The zero-order valence-corrected chi connectivity index (χ0v) is 13.0. The second-order valence-corrected chi connectivity index (χ2v) is 7.16. The lowest BCUT2D eigenvalue weighted by Gasteiger charge is -2.23. The second kappa shape index (κ2) is 7.43. The summed E-state index contributed by atoms with van der Waals surface area (Å²) in [5.74, 6) is -0.443. The van der Waals surface area contributed by atoms with Crippen molar-refractivity contribution in [3.8, 4) is 0 Å². The SMILES string of the molecule is CCCCC(OC(C)=O)C(C)S(=O)(=O)c1ccccc1. The number of esters is 1. The Kier molecular flexibility index (Phi) is 6.20. The molecule has 0 N–H and O–H groups in total. The third-order valence-corrected chi connectivity index (χ3v) is 5.46. The molecule has 0 radical (unpaired) electrons. The number of sulfone groups is 1. The van der Waals surface area contributed by atoms with Crippen molar-refractivity contribution in [2.45, 2.75) is 56.3 Å². The highest BCUT2D eigenvalue weighted by molar-refractivity contribution is 7.92. The van der Waals surface area contributed by atoms with Crippen LogP contribution in [0.5, 0.6) is 0 Å². The van der Waals surface area contributed by atoms with Crippen LogP contribution < -0.4 is 0 Å². The maximum atomic E-state index is 12.5. The van der Waals surface area contributed by atoms with Gasteiger partial charge in [0.25, 0.3) is 0 Å². The Balaban J connectivity index is 2.98. The van der Waals surface area contributed by atoms with Gasteiger partial charge in [0, 0.05) is 6.92 Å². The number of carbonyl (C=O) groups is 1. The summed E-state index contributed by atoms with van der Waals surface area (Å²) in [4.78, 5) is 11.4. The van der Waals surface area contributed by atoms with Gasteiger partial charge in [0.1, 0.15) is 6.10 Å². The molecule has 0 bridgehead atoms. The van der Waals surface area contributed by atoms with Crippen LogP contribution in [0.3, 0.4) is 0 Å². The van der Waals surface area contributed by atoms with E-state index in [1.165, 1.54) is 6.92 Å². The molecular weight excluding hydrogens is 276 g/mol. The summed E-state index contributed by atoms with van der Waals surface area (Å²) in [5, 5.41) is -0.750. The summed E-state index contributed by atoms with van der Waals surface area (Å²) in [7, 11) is -3.49. The summed E-state index contributed by atoms with van der Waals surface area (Å²) < 4.78 is 30.3. The molecule has 20 heavy (non-hydrogen) atoms. The van der Waals surface area contributed by atoms with Crippen molar-refractivity contribution in [1.82, 2.24) is 0 Å². The molecule has 1 rings (SSSR count). The van der Waals surface area contributed by atoms with Gasteiger partial charge in [-0.15, -0.1) is 0 Å². The fourth-order valence-corrected chi connectivity index (χ4v) is 3.59. The summed E-state index contributed by atoms with van der Waals surface area (Å²) in [5.41, 5.74) is 0. The third kappa shape index (κ3) is 4.34. The van der Waals surface area contributed by atoms with Gasteiger partial charge in [-0.1, -0.05) is 31.5 Å². The average Bonchev–Trinajstić information content (AvgIpc) is 2.43. The van der Waals surface area contributed by atoms with Gasteiger partial charge in [-0.2, -0.15) is 0 Å². The summed E-state index contributed by atoms with van der Waals surface area (Å²) >= 11 is 0. The lowest BCUT2D eigenvalue weighted by Crippen LogP contribution is -2.35. The van der Waals surface area contributed by atoms with Gasteiger partial charge in [-0.05, 0) is 31.9 Å². The van der Waals surface area contributed by atoms with E-state index < -0.39 is 27.2 Å². The Morgan fingerprint density at radius 1 is 1.25 bits per heavy atom. The lowest BCUT2D eigenvalue weighted by molar-refractivity contribution is -0.146. The van der Waals surface area contributed by atoms with E-state index in [9.17, 15) is 13.2 Å². The van der Waals surface area contributed by atoms with Crippen molar-refractivity contribution in [3.05, 3.63) is 30.3 Å². The molecule has 1 aromatic rings. The highest BCUT2D eigenvalue weighted by atomic mass is 32.2. The Bertz CT molecular complexity index is 522. The molecule has 0 saturated carbocycles. The van der Waals surface area contributed by atoms with Crippen LogP contribution in [0.2, 0.25) is 0 Å². The van der Waals surface area contributed by atoms with Gasteiger partial charge in [0.05, 0.1) is 10.1 Å². The number of unbranched alkanes of at least 4 members (excludes halogenated alkanes) is 1. The number of ether oxygens (including phenoxy) is 1. The van der Waals surface area contributed by atoms with Crippen LogP contribution in [-0.2, 0) is 19.4 Å². The van der Waals surface area contributed by atoms with Crippen LogP contribution in [0.15, 0.2) is 35.2 Å². The van der Waals surface area contributed by atoms with Crippen LogP contribution in [0.4, 0.5) is 0 Å². The Hall–Kier alpha value is -1.36. The third-order valence-electron chi connectivity index (χ3n) is 3.24. The molecule has 2 unspecified atom stereocenters. The molecule has 2 atom stereocenters. The number of rotatable bonds is 7. The monoisotopic (exact) mass is 298 g/mol. The molecule has 0 saturated heterocycles. The first-order valence-electron chi connectivity index (χ1n) is 6.85. The number of carbonyl (C=O) groups excluding carboxylic acids is 1. The smallest absolute Gasteiger partial charge is 0.302 e. The summed E-state index contributed by atoms with van der Waals surface area (Å²) in [6, 6.07) is 8.27. The highest BCUT2D eigenvalue weighted by Gasteiger charge is 2.32. The topological polar surface area (TPSA) is 60.4 Å². The standard InChI is InChI=1S/C15H22O4S/c1-4-5-11-15(19-13(3)16)12(2)20(17,18)14-9-7-6-8-10-14/h6-10,12,15H,4-5,11H2,1-3H3. The van der Waals surface area contributed by atoms with E-state index in [-0.39, 0.29) is 4.90 Å². The van der Waals surface area contributed by atoms with Gasteiger partial charge in [-0.25, -0.2) is 8.42 Å². The van der Waals surface area contributed by atoms with E-state index in [4.69, 9.17) is 4.74 Å². The molecule has 0 fully saturated rings. The molecule has 0 aliphatic carbocycles. The molecule has 1 aromatic carbocycles.